The van der Waals surface area contributed by atoms with Gasteiger partial charge in [-0.05, 0) is 42.2 Å². The molecule has 26 heavy (non-hydrogen) atoms. The van der Waals surface area contributed by atoms with Crippen molar-refractivity contribution in [2.45, 2.75) is 39.2 Å². The highest BCUT2D eigenvalue weighted by molar-refractivity contribution is 5.93. The van der Waals surface area contributed by atoms with Crippen molar-refractivity contribution in [3.8, 4) is 0 Å². The molecule has 0 aliphatic carbocycles. The maximum Gasteiger partial charge on any atom is 0.278 e. The molecule has 6 nitrogen and oxygen atoms in total. The van der Waals surface area contributed by atoms with Gasteiger partial charge in [0.15, 0.2) is 0 Å². The highest BCUT2D eigenvalue weighted by atomic mass is 16.2. The van der Waals surface area contributed by atoms with Crippen LogP contribution in [-0.2, 0) is 4.79 Å². The van der Waals surface area contributed by atoms with Crippen LogP contribution in [0, 0.1) is 0 Å². The molecule has 0 saturated heterocycles. The molecule has 134 valence electrons. The normalized spacial score (nSPS) is 12.3. The van der Waals surface area contributed by atoms with Crippen molar-refractivity contribution < 1.29 is 4.79 Å². The number of fused-ring (bicyclic) bond motifs is 1. The molecule has 0 bridgehead atoms. The Hall–Kier alpha value is -3.02. The zero-order valence-electron chi connectivity index (χ0n) is 15.1. The standard InChI is InChI=1S/C20H22N4O2/c1-4-18(19(25)21-15-11-9-14(10-12-15)13(2)3)24-20(26)16-7-5-6-8-17(16)22-23-24/h5-13,18H,4H2,1-3H3,(H,21,25)/t18-/m0/s1. The summed E-state index contributed by atoms with van der Waals surface area (Å²) in [7, 11) is 0. The van der Waals surface area contributed by atoms with E-state index in [0.717, 1.165) is 0 Å². The lowest BCUT2D eigenvalue weighted by molar-refractivity contribution is -0.119. The lowest BCUT2D eigenvalue weighted by Gasteiger charge is -2.16. The molecule has 1 N–H and O–H groups in total. The van der Waals surface area contributed by atoms with Crippen molar-refractivity contribution in [1.29, 1.82) is 0 Å². The molecule has 0 unspecified atom stereocenters. The van der Waals surface area contributed by atoms with Gasteiger partial charge in [0.2, 0.25) is 5.91 Å². The summed E-state index contributed by atoms with van der Waals surface area (Å²) in [5, 5.41) is 11.4. The van der Waals surface area contributed by atoms with Crippen LogP contribution in [0.1, 0.15) is 44.7 Å². The second kappa shape index (κ2) is 7.47. The SMILES string of the molecule is CC[C@@H](C(=O)Nc1ccc(C(C)C)cc1)n1nnc2ccccc2c1=O. The average molecular weight is 350 g/mol. The maximum atomic E-state index is 12.7. The third-order valence-electron chi connectivity index (χ3n) is 4.42. The number of nitrogens with zero attached hydrogens (tertiary/aromatic N) is 3. The fraction of sp³-hybridized carbons (Fsp3) is 0.300. The molecule has 1 aromatic heterocycles. The van der Waals surface area contributed by atoms with E-state index in [2.05, 4.69) is 29.5 Å². The van der Waals surface area contributed by atoms with Crippen LogP contribution >= 0.6 is 0 Å². The number of hydrogen-bond donors (Lipinski definition) is 1. The van der Waals surface area contributed by atoms with E-state index in [1.807, 2.05) is 31.2 Å². The van der Waals surface area contributed by atoms with Crippen LogP contribution in [0.15, 0.2) is 53.3 Å². The summed E-state index contributed by atoms with van der Waals surface area (Å²) in [6.07, 6.45) is 0.433. The highest BCUT2D eigenvalue weighted by Crippen LogP contribution is 2.19. The van der Waals surface area contributed by atoms with Crippen LogP contribution < -0.4 is 10.9 Å². The number of amides is 1. The Bertz CT molecular complexity index is 977. The zero-order valence-corrected chi connectivity index (χ0v) is 15.1. The Kier molecular flexibility index (Phi) is 5.11. The van der Waals surface area contributed by atoms with E-state index >= 15 is 0 Å². The smallest absolute Gasteiger partial charge is 0.278 e. The molecule has 3 aromatic rings. The van der Waals surface area contributed by atoms with Crippen LogP contribution in [0.4, 0.5) is 5.69 Å². The molecule has 1 heterocycles. The Morgan fingerprint density at radius 3 is 2.46 bits per heavy atom. The van der Waals surface area contributed by atoms with Gasteiger partial charge in [0.25, 0.3) is 5.56 Å². The predicted octanol–water partition coefficient (Wildman–Crippen LogP) is 3.50. The van der Waals surface area contributed by atoms with Gasteiger partial charge in [0.05, 0.1) is 5.39 Å². The van der Waals surface area contributed by atoms with Crippen molar-refractivity contribution >= 4 is 22.5 Å². The number of nitrogens with one attached hydrogen (secondary N) is 1. The van der Waals surface area contributed by atoms with Gasteiger partial charge < -0.3 is 5.32 Å². The van der Waals surface area contributed by atoms with Gasteiger partial charge in [-0.3, -0.25) is 9.59 Å². The lowest BCUT2D eigenvalue weighted by Crippen LogP contribution is -2.35. The molecule has 1 amide bonds. The number of hydrogen-bond acceptors (Lipinski definition) is 4. The molecule has 0 saturated carbocycles. The van der Waals surface area contributed by atoms with Gasteiger partial charge in [-0.2, -0.15) is 4.68 Å². The van der Waals surface area contributed by atoms with Crippen molar-refractivity contribution in [1.82, 2.24) is 15.0 Å². The van der Waals surface area contributed by atoms with Gasteiger partial charge in [-0.15, -0.1) is 5.10 Å². The molecule has 0 spiro atoms. The summed E-state index contributed by atoms with van der Waals surface area (Å²) in [4.78, 5) is 25.4. The van der Waals surface area contributed by atoms with Crippen molar-refractivity contribution in [3.63, 3.8) is 0 Å². The predicted molar refractivity (Wildman–Crippen MR) is 102 cm³/mol. The first-order valence-electron chi connectivity index (χ1n) is 8.76. The molecule has 0 fully saturated rings. The molecule has 6 heteroatoms. The minimum absolute atomic E-state index is 0.281. The maximum absolute atomic E-state index is 12.7. The summed E-state index contributed by atoms with van der Waals surface area (Å²) in [6.45, 7) is 6.08. The fourth-order valence-corrected chi connectivity index (χ4v) is 2.85. The van der Waals surface area contributed by atoms with Gasteiger partial charge in [0, 0.05) is 5.69 Å². The molecular weight excluding hydrogens is 328 g/mol. The van der Waals surface area contributed by atoms with Crippen LogP contribution in [0.2, 0.25) is 0 Å². The van der Waals surface area contributed by atoms with Crippen LogP contribution in [-0.4, -0.2) is 20.9 Å². The number of anilines is 1. The third-order valence-corrected chi connectivity index (χ3v) is 4.42. The topological polar surface area (TPSA) is 76.9 Å². The third kappa shape index (κ3) is 3.49. The summed E-state index contributed by atoms with van der Waals surface area (Å²) in [6, 6.07) is 14.0. The number of aromatic nitrogens is 3. The minimum Gasteiger partial charge on any atom is -0.324 e. The van der Waals surface area contributed by atoms with Crippen LogP contribution in [0.5, 0.6) is 0 Å². The summed E-state index contributed by atoms with van der Waals surface area (Å²) in [5.41, 5.74) is 2.10. The molecule has 0 aliphatic heterocycles. The second-order valence-electron chi connectivity index (χ2n) is 6.55. The van der Waals surface area contributed by atoms with Gasteiger partial charge in [-0.25, -0.2) is 0 Å². The van der Waals surface area contributed by atoms with Crippen molar-refractivity contribution in [2.24, 2.45) is 0 Å². The molecular formula is C20H22N4O2. The summed E-state index contributed by atoms with van der Waals surface area (Å²) < 4.78 is 1.17. The molecule has 2 aromatic carbocycles. The Morgan fingerprint density at radius 1 is 1.12 bits per heavy atom. The highest BCUT2D eigenvalue weighted by Gasteiger charge is 2.22. The lowest BCUT2D eigenvalue weighted by atomic mass is 10.0. The van der Waals surface area contributed by atoms with E-state index in [9.17, 15) is 9.59 Å². The summed E-state index contributed by atoms with van der Waals surface area (Å²) in [5.74, 6) is 0.145. The minimum atomic E-state index is -0.718. The molecule has 0 aliphatic rings. The van der Waals surface area contributed by atoms with Crippen LogP contribution in [0.25, 0.3) is 10.9 Å². The second-order valence-corrected chi connectivity index (χ2v) is 6.55. The average Bonchev–Trinajstić information content (AvgIpc) is 2.65. The quantitative estimate of drug-likeness (QED) is 0.764. The largest absolute Gasteiger partial charge is 0.324 e. The first-order valence-corrected chi connectivity index (χ1v) is 8.76. The van der Waals surface area contributed by atoms with E-state index in [-0.39, 0.29) is 11.5 Å². The number of benzene rings is 2. The molecule has 1 atom stereocenters. The van der Waals surface area contributed by atoms with E-state index in [1.165, 1.54) is 10.2 Å². The monoisotopic (exact) mass is 350 g/mol. The first kappa shape index (κ1) is 17.8. The van der Waals surface area contributed by atoms with Crippen molar-refractivity contribution in [3.05, 3.63) is 64.4 Å². The number of carbonyl (C=O) groups excluding carboxylic acids is 1. The van der Waals surface area contributed by atoms with E-state index in [1.54, 1.807) is 24.3 Å². The van der Waals surface area contributed by atoms with E-state index in [4.69, 9.17) is 0 Å². The van der Waals surface area contributed by atoms with E-state index in [0.29, 0.717) is 28.9 Å². The molecule has 3 rings (SSSR count). The van der Waals surface area contributed by atoms with Gasteiger partial charge in [0.1, 0.15) is 11.6 Å². The van der Waals surface area contributed by atoms with Crippen molar-refractivity contribution in [2.75, 3.05) is 5.32 Å². The molecule has 0 radical (unpaired) electrons. The van der Waals surface area contributed by atoms with E-state index < -0.39 is 6.04 Å². The van der Waals surface area contributed by atoms with Crippen LogP contribution in [0.3, 0.4) is 0 Å². The zero-order chi connectivity index (χ0) is 18.7. The number of carbonyl (C=O) groups is 1. The Labute approximate surface area is 151 Å². The Balaban J connectivity index is 1.87. The summed E-state index contributed by atoms with van der Waals surface area (Å²) >= 11 is 0. The Morgan fingerprint density at radius 2 is 1.81 bits per heavy atom. The van der Waals surface area contributed by atoms with Gasteiger partial charge in [-0.1, -0.05) is 50.3 Å². The first-order chi connectivity index (χ1) is 12.5. The number of rotatable bonds is 5. The van der Waals surface area contributed by atoms with Gasteiger partial charge >= 0.3 is 0 Å². The fourth-order valence-electron chi connectivity index (χ4n) is 2.85.